The summed E-state index contributed by atoms with van der Waals surface area (Å²) in [5.74, 6) is -1.53. The first-order valence-electron chi connectivity index (χ1n) is 6.62. The summed E-state index contributed by atoms with van der Waals surface area (Å²) < 4.78 is 13.5. The smallest absolute Gasteiger partial charge is 0.257 e. The van der Waals surface area contributed by atoms with E-state index in [1.807, 2.05) is 0 Å². The van der Waals surface area contributed by atoms with Gasteiger partial charge in [0.05, 0.1) is 15.6 Å². The second-order valence-corrected chi connectivity index (χ2v) is 5.73. The molecule has 0 heterocycles. The highest BCUT2D eigenvalue weighted by Gasteiger charge is 2.15. The minimum absolute atomic E-state index is 0.0297. The lowest BCUT2D eigenvalue weighted by Crippen LogP contribution is -2.14. The fourth-order valence-corrected chi connectivity index (χ4v) is 2.39. The van der Waals surface area contributed by atoms with Crippen LogP contribution < -0.4 is 10.6 Å². The fraction of sp³-hybridized carbons (Fsp3) is 0.125. The lowest BCUT2D eigenvalue weighted by molar-refractivity contribution is -0.114. The lowest BCUT2D eigenvalue weighted by Gasteiger charge is -2.12. The Balaban J connectivity index is 2.30. The van der Waals surface area contributed by atoms with Crippen LogP contribution in [0.4, 0.5) is 15.8 Å². The van der Waals surface area contributed by atoms with Crippen LogP contribution in [0, 0.1) is 12.7 Å². The van der Waals surface area contributed by atoms with Crippen molar-refractivity contribution in [2.24, 2.45) is 0 Å². The van der Waals surface area contributed by atoms with Crippen LogP contribution in [0.25, 0.3) is 0 Å². The number of carbonyl (C=O) groups excluding carboxylic acids is 2. The van der Waals surface area contributed by atoms with Crippen LogP contribution in [0.5, 0.6) is 0 Å². The molecule has 0 bridgehead atoms. The first kappa shape index (κ1) is 17.2. The first-order valence-corrected chi connectivity index (χ1v) is 7.37. The quantitative estimate of drug-likeness (QED) is 0.788. The third-order valence-electron chi connectivity index (χ3n) is 3.06. The second kappa shape index (κ2) is 6.98. The Hall–Kier alpha value is -2.11. The van der Waals surface area contributed by atoms with Gasteiger partial charge in [0, 0.05) is 18.3 Å². The largest absolute Gasteiger partial charge is 0.326 e. The van der Waals surface area contributed by atoms with Gasteiger partial charge in [0.15, 0.2) is 0 Å². The third-order valence-corrected chi connectivity index (χ3v) is 3.66. The Kier molecular flexibility index (Phi) is 5.23. The molecule has 2 rings (SSSR count). The molecule has 0 atom stereocenters. The minimum Gasteiger partial charge on any atom is -0.326 e. The van der Waals surface area contributed by atoms with Gasteiger partial charge in [0.25, 0.3) is 5.91 Å². The van der Waals surface area contributed by atoms with E-state index in [0.29, 0.717) is 11.4 Å². The molecule has 2 amide bonds. The molecule has 0 aliphatic rings. The summed E-state index contributed by atoms with van der Waals surface area (Å²) in [4.78, 5) is 23.4. The lowest BCUT2D eigenvalue weighted by atomic mass is 10.1. The molecule has 0 aliphatic heterocycles. The molecule has 2 aromatic carbocycles. The van der Waals surface area contributed by atoms with Crippen molar-refractivity contribution in [2.75, 3.05) is 10.6 Å². The van der Waals surface area contributed by atoms with Gasteiger partial charge in [-0.3, -0.25) is 9.59 Å². The number of rotatable bonds is 3. The Morgan fingerprint density at radius 1 is 1.04 bits per heavy atom. The van der Waals surface area contributed by atoms with E-state index in [1.54, 1.807) is 25.1 Å². The maximum absolute atomic E-state index is 13.5. The number of hydrogen-bond donors (Lipinski definition) is 2. The molecule has 0 fully saturated rings. The summed E-state index contributed by atoms with van der Waals surface area (Å²) in [5, 5.41) is 5.15. The molecule has 2 aromatic rings. The van der Waals surface area contributed by atoms with E-state index in [0.717, 1.165) is 11.6 Å². The van der Waals surface area contributed by atoms with Crippen LogP contribution in [0.15, 0.2) is 30.3 Å². The average molecular weight is 355 g/mol. The van der Waals surface area contributed by atoms with Gasteiger partial charge in [-0.05, 0) is 36.8 Å². The van der Waals surface area contributed by atoms with Crippen LogP contribution >= 0.6 is 23.2 Å². The van der Waals surface area contributed by atoms with Crippen molar-refractivity contribution in [3.63, 3.8) is 0 Å². The molecule has 0 radical (unpaired) electrons. The SMILES string of the molecule is CC(=O)Nc1ccc(C)c(NC(=O)c2cc(F)c(Cl)cc2Cl)c1. The van der Waals surface area contributed by atoms with Crippen LogP contribution in [0.1, 0.15) is 22.8 Å². The Morgan fingerprint density at radius 3 is 2.39 bits per heavy atom. The molecule has 0 aromatic heterocycles. The number of hydrogen-bond acceptors (Lipinski definition) is 2. The Bertz CT molecular complexity index is 794. The van der Waals surface area contributed by atoms with Crippen molar-refractivity contribution in [3.05, 3.63) is 57.3 Å². The van der Waals surface area contributed by atoms with E-state index in [9.17, 15) is 14.0 Å². The molecule has 2 N–H and O–H groups in total. The highest BCUT2D eigenvalue weighted by molar-refractivity contribution is 6.37. The summed E-state index contributed by atoms with van der Waals surface area (Å²) in [6.07, 6.45) is 0. The zero-order valence-electron chi connectivity index (χ0n) is 12.3. The molecule has 7 heteroatoms. The van der Waals surface area contributed by atoms with Gasteiger partial charge in [0.1, 0.15) is 5.82 Å². The molecular formula is C16H13Cl2FN2O2. The van der Waals surface area contributed by atoms with Crippen molar-refractivity contribution in [2.45, 2.75) is 13.8 Å². The summed E-state index contributed by atoms with van der Waals surface area (Å²) in [7, 11) is 0. The number of halogens is 3. The predicted octanol–water partition coefficient (Wildman–Crippen LogP) is 4.65. The normalized spacial score (nSPS) is 10.3. The first-order chi connectivity index (χ1) is 10.8. The third kappa shape index (κ3) is 4.21. The highest BCUT2D eigenvalue weighted by atomic mass is 35.5. The molecular weight excluding hydrogens is 342 g/mol. The average Bonchev–Trinajstić information content (AvgIpc) is 2.45. The number of benzene rings is 2. The predicted molar refractivity (Wildman–Crippen MR) is 89.9 cm³/mol. The molecule has 23 heavy (non-hydrogen) atoms. The molecule has 120 valence electrons. The van der Waals surface area contributed by atoms with Gasteiger partial charge < -0.3 is 10.6 Å². The Labute approximate surface area is 142 Å². The van der Waals surface area contributed by atoms with Crippen LogP contribution in [-0.2, 0) is 4.79 Å². The van der Waals surface area contributed by atoms with E-state index >= 15 is 0 Å². The summed E-state index contributed by atoms with van der Waals surface area (Å²) in [6.45, 7) is 3.17. The maximum atomic E-state index is 13.5. The van der Waals surface area contributed by atoms with E-state index < -0.39 is 11.7 Å². The van der Waals surface area contributed by atoms with E-state index in [1.165, 1.54) is 13.0 Å². The fourth-order valence-electron chi connectivity index (χ4n) is 1.92. The van der Waals surface area contributed by atoms with Crippen molar-refractivity contribution >= 4 is 46.4 Å². The van der Waals surface area contributed by atoms with Crippen molar-refractivity contribution in [3.8, 4) is 0 Å². The number of anilines is 2. The molecule has 0 aliphatic carbocycles. The number of amides is 2. The summed E-state index contributed by atoms with van der Waals surface area (Å²) >= 11 is 11.5. The number of aryl methyl sites for hydroxylation is 1. The molecule has 4 nitrogen and oxygen atoms in total. The number of nitrogens with one attached hydrogen (secondary N) is 2. The van der Waals surface area contributed by atoms with Crippen molar-refractivity contribution in [1.82, 2.24) is 0 Å². The zero-order valence-corrected chi connectivity index (χ0v) is 13.8. The monoisotopic (exact) mass is 354 g/mol. The number of carbonyl (C=O) groups is 2. The molecule has 0 saturated heterocycles. The van der Waals surface area contributed by atoms with Gasteiger partial charge in [-0.15, -0.1) is 0 Å². The van der Waals surface area contributed by atoms with Crippen LogP contribution in [-0.4, -0.2) is 11.8 Å². The molecule has 0 saturated carbocycles. The molecule has 0 spiro atoms. The Morgan fingerprint density at radius 2 is 1.74 bits per heavy atom. The van der Waals surface area contributed by atoms with E-state index in [-0.39, 0.29) is 21.5 Å². The van der Waals surface area contributed by atoms with Crippen LogP contribution in [0.2, 0.25) is 10.0 Å². The van der Waals surface area contributed by atoms with E-state index in [4.69, 9.17) is 23.2 Å². The summed E-state index contributed by atoms with van der Waals surface area (Å²) in [6, 6.07) is 7.21. The minimum atomic E-state index is -0.732. The van der Waals surface area contributed by atoms with Crippen molar-refractivity contribution < 1.29 is 14.0 Å². The van der Waals surface area contributed by atoms with Crippen LogP contribution in [0.3, 0.4) is 0 Å². The van der Waals surface area contributed by atoms with Gasteiger partial charge in [-0.2, -0.15) is 0 Å². The second-order valence-electron chi connectivity index (χ2n) is 4.91. The van der Waals surface area contributed by atoms with Crippen molar-refractivity contribution in [1.29, 1.82) is 0 Å². The van der Waals surface area contributed by atoms with E-state index in [2.05, 4.69) is 10.6 Å². The maximum Gasteiger partial charge on any atom is 0.257 e. The summed E-state index contributed by atoms with van der Waals surface area (Å²) in [5.41, 5.74) is 1.76. The van der Waals surface area contributed by atoms with Gasteiger partial charge in [-0.25, -0.2) is 4.39 Å². The van der Waals surface area contributed by atoms with Gasteiger partial charge >= 0.3 is 0 Å². The van der Waals surface area contributed by atoms with Gasteiger partial charge in [0.2, 0.25) is 5.91 Å². The topological polar surface area (TPSA) is 58.2 Å². The van der Waals surface area contributed by atoms with Gasteiger partial charge in [-0.1, -0.05) is 29.3 Å². The zero-order chi connectivity index (χ0) is 17.1. The highest BCUT2D eigenvalue weighted by Crippen LogP contribution is 2.26. The standard InChI is InChI=1S/C16H13Cl2FN2O2/c1-8-3-4-10(20-9(2)22)5-15(8)21-16(23)11-6-14(19)13(18)7-12(11)17/h3-7H,1-2H3,(H,20,22)(H,21,23). The molecule has 0 unspecified atom stereocenters.